The highest BCUT2D eigenvalue weighted by atomic mass is 16.5. The van der Waals surface area contributed by atoms with Crippen molar-refractivity contribution in [3.63, 3.8) is 0 Å². The number of hydrogen-bond acceptors (Lipinski definition) is 4. The second-order valence-corrected chi connectivity index (χ2v) is 6.38. The maximum absolute atomic E-state index is 12.3. The van der Waals surface area contributed by atoms with E-state index in [4.69, 9.17) is 4.74 Å². The Kier molecular flexibility index (Phi) is 6.22. The highest BCUT2D eigenvalue weighted by molar-refractivity contribution is 5.92. The molecular formula is C22H23N3O3. The lowest BCUT2D eigenvalue weighted by Gasteiger charge is -2.08. The molecule has 0 spiro atoms. The summed E-state index contributed by atoms with van der Waals surface area (Å²) in [4.78, 5) is 23.8. The van der Waals surface area contributed by atoms with Gasteiger partial charge < -0.3 is 10.1 Å². The molecule has 0 aliphatic carbocycles. The number of para-hydroxylation sites is 1. The van der Waals surface area contributed by atoms with Gasteiger partial charge in [-0.3, -0.25) is 9.59 Å². The highest BCUT2D eigenvalue weighted by Crippen LogP contribution is 2.25. The zero-order valence-corrected chi connectivity index (χ0v) is 16.0. The third-order valence-corrected chi connectivity index (χ3v) is 4.19. The van der Waals surface area contributed by atoms with Crippen LogP contribution in [0.5, 0.6) is 0 Å². The number of rotatable bonds is 7. The molecule has 1 aromatic heterocycles. The molecule has 0 saturated carbocycles. The summed E-state index contributed by atoms with van der Waals surface area (Å²) in [6.07, 6.45) is 0.0998. The normalized spacial score (nSPS) is 10.5. The van der Waals surface area contributed by atoms with Crippen LogP contribution in [0.25, 0.3) is 16.9 Å². The third-order valence-electron chi connectivity index (χ3n) is 4.19. The monoisotopic (exact) mass is 377 g/mol. The van der Waals surface area contributed by atoms with E-state index in [0.29, 0.717) is 12.4 Å². The standard InChI is InChI=1S/C22H23N3O3/c1-3-28-22(27)14-13-21(26)23-20-15-19(17-11-9-16(2)10-12-17)24-25(20)18-7-5-4-6-8-18/h4-12,15H,3,13-14H2,1-2H3,(H,23,26). The summed E-state index contributed by atoms with van der Waals surface area (Å²) in [5, 5.41) is 7.53. The first kappa shape index (κ1) is 19.4. The van der Waals surface area contributed by atoms with Crippen molar-refractivity contribution < 1.29 is 14.3 Å². The highest BCUT2D eigenvalue weighted by Gasteiger charge is 2.15. The maximum Gasteiger partial charge on any atom is 0.306 e. The molecule has 3 rings (SSSR count). The van der Waals surface area contributed by atoms with E-state index in [1.165, 1.54) is 5.56 Å². The predicted octanol–water partition coefficient (Wildman–Crippen LogP) is 4.13. The van der Waals surface area contributed by atoms with Crippen LogP contribution < -0.4 is 5.32 Å². The first-order valence-corrected chi connectivity index (χ1v) is 9.25. The van der Waals surface area contributed by atoms with Crippen LogP contribution in [-0.2, 0) is 14.3 Å². The van der Waals surface area contributed by atoms with Crippen LogP contribution in [0.15, 0.2) is 60.7 Å². The molecule has 1 heterocycles. The maximum atomic E-state index is 12.3. The average Bonchev–Trinajstić information content (AvgIpc) is 3.11. The van der Waals surface area contributed by atoms with Crippen LogP contribution in [0.4, 0.5) is 5.82 Å². The van der Waals surface area contributed by atoms with E-state index in [0.717, 1.165) is 16.9 Å². The Labute approximate surface area is 164 Å². The minimum Gasteiger partial charge on any atom is -0.466 e. The number of nitrogens with one attached hydrogen (secondary N) is 1. The Morgan fingerprint density at radius 3 is 2.43 bits per heavy atom. The lowest BCUT2D eigenvalue weighted by molar-refractivity contribution is -0.144. The van der Waals surface area contributed by atoms with Gasteiger partial charge in [0.15, 0.2) is 0 Å². The summed E-state index contributed by atoms with van der Waals surface area (Å²) in [6.45, 7) is 4.08. The average molecular weight is 377 g/mol. The Morgan fingerprint density at radius 2 is 1.75 bits per heavy atom. The van der Waals surface area contributed by atoms with Crippen molar-refractivity contribution in [1.29, 1.82) is 0 Å². The molecule has 6 heteroatoms. The fourth-order valence-electron chi connectivity index (χ4n) is 2.76. The van der Waals surface area contributed by atoms with Crippen molar-refractivity contribution >= 4 is 17.7 Å². The minimum atomic E-state index is -0.380. The second-order valence-electron chi connectivity index (χ2n) is 6.38. The summed E-state index contributed by atoms with van der Waals surface area (Å²) >= 11 is 0. The number of hydrogen-bond donors (Lipinski definition) is 1. The molecule has 0 aliphatic rings. The minimum absolute atomic E-state index is 0.0456. The zero-order chi connectivity index (χ0) is 19.9. The van der Waals surface area contributed by atoms with Gasteiger partial charge in [-0.05, 0) is 26.0 Å². The molecule has 0 radical (unpaired) electrons. The number of benzene rings is 2. The van der Waals surface area contributed by atoms with Gasteiger partial charge in [-0.25, -0.2) is 4.68 Å². The number of amides is 1. The molecule has 0 atom stereocenters. The molecule has 28 heavy (non-hydrogen) atoms. The summed E-state index contributed by atoms with van der Waals surface area (Å²) in [6, 6.07) is 19.5. The van der Waals surface area contributed by atoms with Gasteiger partial charge in [0.25, 0.3) is 0 Å². The molecule has 0 fully saturated rings. The topological polar surface area (TPSA) is 73.2 Å². The number of esters is 1. The van der Waals surface area contributed by atoms with Crippen LogP contribution in [-0.4, -0.2) is 28.3 Å². The molecule has 1 N–H and O–H groups in total. The first-order chi connectivity index (χ1) is 13.6. The fraction of sp³-hybridized carbons (Fsp3) is 0.227. The number of carbonyl (C=O) groups excluding carboxylic acids is 2. The van der Waals surface area contributed by atoms with Gasteiger partial charge in [-0.1, -0.05) is 48.0 Å². The van der Waals surface area contributed by atoms with Crippen molar-refractivity contribution in [3.05, 3.63) is 66.2 Å². The van der Waals surface area contributed by atoms with Crippen molar-refractivity contribution in [1.82, 2.24) is 9.78 Å². The number of ether oxygens (including phenoxy) is 1. The van der Waals surface area contributed by atoms with Crippen molar-refractivity contribution in [2.45, 2.75) is 26.7 Å². The number of carbonyl (C=O) groups is 2. The number of nitrogens with zero attached hydrogens (tertiary/aromatic N) is 2. The lowest BCUT2D eigenvalue weighted by Crippen LogP contribution is -2.16. The second kappa shape index (κ2) is 8.99. The summed E-state index contributed by atoms with van der Waals surface area (Å²) < 4.78 is 6.56. The van der Waals surface area contributed by atoms with Crippen LogP contribution >= 0.6 is 0 Å². The summed E-state index contributed by atoms with van der Waals surface area (Å²) in [5.74, 6) is -0.0919. The SMILES string of the molecule is CCOC(=O)CCC(=O)Nc1cc(-c2ccc(C)cc2)nn1-c1ccccc1. The van der Waals surface area contributed by atoms with Gasteiger partial charge in [-0.2, -0.15) is 5.10 Å². The third kappa shape index (κ3) is 4.85. The molecule has 0 aliphatic heterocycles. The predicted molar refractivity (Wildman–Crippen MR) is 108 cm³/mol. The molecule has 0 bridgehead atoms. The summed E-state index contributed by atoms with van der Waals surface area (Å²) in [5.41, 5.74) is 3.71. The van der Waals surface area contributed by atoms with Gasteiger partial charge in [-0.15, -0.1) is 0 Å². The van der Waals surface area contributed by atoms with Crippen molar-refractivity contribution in [3.8, 4) is 16.9 Å². The Hall–Kier alpha value is -3.41. The smallest absolute Gasteiger partial charge is 0.306 e. The quantitative estimate of drug-likeness (QED) is 0.628. The van der Waals surface area contributed by atoms with E-state index in [1.807, 2.05) is 67.6 Å². The van der Waals surface area contributed by atoms with Crippen LogP contribution in [0, 0.1) is 6.92 Å². The molecule has 0 saturated heterocycles. The Balaban J connectivity index is 1.85. The molecule has 2 aromatic carbocycles. The molecule has 3 aromatic rings. The number of aryl methyl sites for hydroxylation is 1. The zero-order valence-electron chi connectivity index (χ0n) is 16.0. The van der Waals surface area contributed by atoms with Gasteiger partial charge in [0, 0.05) is 18.1 Å². The van der Waals surface area contributed by atoms with E-state index in [2.05, 4.69) is 10.4 Å². The van der Waals surface area contributed by atoms with Gasteiger partial charge in [0.2, 0.25) is 5.91 Å². The van der Waals surface area contributed by atoms with Crippen molar-refractivity contribution in [2.75, 3.05) is 11.9 Å². The van der Waals surface area contributed by atoms with E-state index in [-0.39, 0.29) is 24.7 Å². The molecule has 144 valence electrons. The van der Waals surface area contributed by atoms with E-state index < -0.39 is 0 Å². The number of anilines is 1. The number of aromatic nitrogens is 2. The first-order valence-electron chi connectivity index (χ1n) is 9.25. The van der Waals surface area contributed by atoms with Crippen LogP contribution in [0.2, 0.25) is 0 Å². The van der Waals surface area contributed by atoms with E-state index in [9.17, 15) is 9.59 Å². The van der Waals surface area contributed by atoms with E-state index in [1.54, 1.807) is 11.6 Å². The molecule has 0 unspecified atom stereocenters. The van der Waals surface area contributed by atoms with E-state index >= 15 is 0 Å². The molecule has 1 amide bonds. The van der Waals surface area contributed by atoms with Gasteiger partial charge >= 0.3 is 5.97 Å². The van der Waals surface area contributed by atoms with Crippen molar-refractivity contribution in [2.24, 2.45) is 0 Å². The molecular weight excluding hydrogens is 354 g/mol. The fourth-order valence-corrected chi connectivity index (χ4v) is 2.76. The van der Waals surface area contributed by atoms with Crippen LogP contribution in [0.3, 0.4) is 0 Å². The van der Waals surface area contributed by atoms with Gasteiger partial charge in [0.05, 0.1) is 24.4 Å². The summed E-state index contributed by atoms with van der Waals surface area (Å²) in [7, 11) is 0. The Morgan fingerprint density at radius 1 is 1.04 bits per heavy atom. The molecule has 6 nitrogen and oxygen atoms in total. The lowest BCUT2D eigenvalue weighted by atomic mass is 10.1. The largest absolute Gasteiger partial charge is 0.466 e. The Bertz CT molecular complexity index is 947. The van der Waals surface area contributed by atoms with Crippen LogP contribution in [0.1, 0.15) is 25.3 Å². The van der Waals surface area contributed by atoms with Gasteiger partial charge in [0.1, 0.15) is 5.82 Å².